The van der Waals surface area contributed by atoms with E-state index in [1.54, 1.807) is 31.4 Å². The number of carbonyl (C=O) groups excluding carboxylic acids is 3. The number of ether oxygens (including phenoxy) is 7. The fraction of sp³-hybridized carbons (Fsp3) is 0.779. The lowest BCUT2D eigenvalue weighted by atomic mass is 9.82. The highest BCUT2D eigenvalue weighted by atomic mass is 28.4. The summed E-state index contributed by atoms with van der Waals surface area (Å²) in [7, 11) is -9.17. The van der Waals surface area contributed by atoms with Crippen LogP contribution in [-0.2, 0) is 64.9 Å². The van der Waals surface area contributed by atoms with Crippen LogP contribution in [0.15, 0.2) is 79.4 Å². The third-order valence-corrected chi connectivity index (χ3v) is 46.2. The van der Waals surface area contributed by atoms with Gasteiger partial charge in [-0.05, 0) is 164 Å². The normalized spacial score (nSPS) is 28.5. The largest absolute Gasteiger partial charge is 0.469 e. The van der Waals surface area contributed by atoms with Gasteiger partial charge in [0.2, 0.25) is 0 Å². The Hall–Kier alpha value is -2.53. The lowest BCUT2D eigenvalue weighted by Gasteiger charge is -2.54. The number of carbonyl (C=O) groups is 3. The number of hydrogen-bond acceptors (Lipinski definition) is 15. The fourth-order valence-electron chi connectivity index (χ4n) is 12.2. The van der Waals surface area contributed by atoms with Gasteiger partial charge in [0.1, 0.15) is 24.4 Å². The van der Waals surface area contributed by atoms with Gasteiger partial charge in [0, 0.05) is 32.3 Å². The van der Waals surface area contributed by atoms with Gasteiger partial charge in [0.15, 0.2) is 53.5 Å². The maximum absolute atomic E-state index is 14.5. The molecule has 5 rings (SSSR count). The van der Waals surface area contributed by atoms with Crippen molar-refractivity contribution in [2.75, 3.05) is 20.8 Å². The van der Waals surface area contributed by atoms with Gasteiger partial charge in [-0.1, -0.05) is 154 Å². The van der Waals surface area contributed by atoms with E-state index in [1.807, 2.05) is 24.3 Å². The first-order valence-corrected chi connectivity index (χ1v) is 50.9. The average molecular weight is 1440 g/mol. The Morgan fingerprint density at radius 2 is 1.16 bits per heavy atom. The zero-order valence-electron chi connectivity index (χ0n) is 65.9. The molecule has 16 atom stereocenters. The van der Waals surface area contributed by atoms with Crippen LogP contribution in [0.25, 0.3) is 0 Å². The molecule has 20 heteroatoms. The summed E-state index contributed by atoms with van der Waals surface area (Å²) >= 11 is 0. The first-order chi connectivity index (χ1) is 44.3. The Balaban J connectivity index is 1.36. The molecule has 0 amide bonds. The van der Waals surface area contributed by atoms with Crippen molar-refractivity contribution in [1.82, 2.24) is 0 Å². The molecule has 1 aromatic rings. The van der Waals surface area contributed by atoms with Gasteiger partial charge in [-0.25, -0.2) is 4.79 Å². The minimum Gasteiger partial charge on any atom is -0.469 e. The number of allylic oxidation sites excluding steroid dienone is 1. The van der Waals surface area contributed by atoms with Gasteiger partial charge in [-0.15, -0.1) is 6.58 Å². The molecule has 11 unspecified atom stereocenters. The second kappa shape index (κ2) is 33.5. The van der Waals surface area contributed by atoms with Crippen molar-refractivity contribution < 1.29 is 69.7 Å². The molecule has 0 saturated carbocycles. The number of benzene rings is 1. The topological polar surface area (TPSA) is 162 Å². The highest BCUT2D eigenvalue weighted by Gasteiger charge is 2.58. The summed E-state index contributed by atoms with van der Waals surface area (Å²) < 4.78 is 83.2. The Bertz CT molecular complexity index is 2800. The Morgan fingerprint density at radius 1 is 0.619 bits per heavy atom. The number of ketones is 1. The molecule has 0 N–H and O–H groups in total. The van der Waals surface area contributed by atoms with Crippen LogP contribution in [0.5, 0.6) is 0 Å². The van der Waals surface area contributed by atoms with E-state index in [4.69, 9.17) is 55.3 Å². The first-order valence-electron chi connectivity index (χ1n) is 36.3. The van der Waals surface area contributed by atoms with Gasteiger partial charge in [0.05, 0.1) is 80.6 Å². The van der Waals surface area contributed by atoms with E-state index in [9.17, 15) is 14.4 Å². The molecule has 4 aliphatic heterocycles. The van der Waals surface area contributed by atoms with E-state index in [-0.39, 0.29) is 104 Å². The van der Waals surface area contributed by atoms with Gasteiger partial charge in [0.25, 0.3) is 0 Å². The molecule has 0 spiro atoms. The molecular weight excluding hydrogens is 1310 g/mol. The molecule has 97 heavy (non-hydrogen) atoms. The number of methoxy groups -OCH3 is 2. The van der Waals surface area contributed by atoms with Gasteiger partial charge < -0.3 is 55.3 Å². The molecule has 4 heterocycles. The molecule has 0 radical (unpaired) electrons. The van der Waals surface area contributed by atoms with Crippen LogP contribution in [0, 0.1) is 11.8 Å². The van der Waals surface area contributed by atoms with Crippen LogP contribution in [0.4, 0.5) is 0 Å². The van der Waals surface area contributed by atoms with Crippen LogP contribution in [0.1, 0.15) is 185 Å². The van der Waals surface area contributed by atoms with Crippen molar-refractivity contribution in [3.05, 3.63) is 85.0 Å². The maximum atomic E-state index is 14.5. The van der Waals surface area contributed by atoms with E-state index in [0.717, 1.165) is 30.4 Å². The third-order valence-electron chi connectivity index (χ3n) is 23.8. The molecule has 554 valence electrons. The Kier molecular flexibility index (Phi) is 29.4. The van der Waals surface area contributed by atoms with Crippen LogP contribution >= 0.6 is 0 Å². The van der Waals surface area contributed by atoms with E-state index < -0.39 is 90.3 Å². The zero-order valence-corrected chi connectivity index (χ0v) is 70.9. The summed E-state index contributed by atoms with van der Waals surface area (Å²) in [6, 6.07) is 9.04. The fourth-order valence-corrected chi connectivity index (χ4v) is 18.4. The van der Waals surface area contributed by atoms with Crippen LogP contribution in [-0.4, -0.2) is 166 Å². The van der Waals surface area contributed by atoms with Gasteiger partial charge >= 0.3 is 11.9 Å². The minimum atomic E-state index is -2.66. The molecular formula is C77H136O15Si5. The van der Waals surface area contributed by atoms with Crippen molar-refractivity contribution in [3.63, 3.8) is 0 Å². The second-order valence-corrected chi connectivity index (χ2v) is 60.2. The molecule has 1 aromatic carbocycles. The Morgan fingerprint density at radius 3 is 1.70 bits per heavy atom. The van der Waals surface area contributed by atoms with E-state index in [2.05, 4.69) is 196 Å². The predicted octanol–water partition coefficient (Wildman–Crippen LogP) is 18.6. The monoisotopic (exact) mass is 1440 g/mol. The zero-order chi connectivity index (χ0) is 73.6. The number of rotatable bonds is 31. The van der Waals surface area contributed by atoms with E-state index in [1.165, 1.54) is 7.11 Å². The summed E-state index contributed by atoms with van der Waals surface area (Å²) in [6.45, 7) is 71.7. The molecule has 0 aliphatic carbocycles. The number of esters is 2. The predicted molar refractivity (Wildman–Crippen MR) is 406 cm³/mol. The summed E-state index contributed by atoms with van der Waals surface area (Å²) in [4.78, 5) is 41.9. The quantitative estimate of drug-likeness (QED) is 0.0298. The van der Waals surface area contributed by atoms with Gasteiger partial charge in [-0.2, -0.15) is 0 Å². The summed E-state index contributed by atoms with van der Waals surface area (Å²) in [5.74, 6) is -0.943. The molecule has 0 aromatic heterocycles. The van der Waals surface area contributed by atoms with Crippen molar-refractivity contribution in [1.29, 1.82) is 0 Å². The summed E-state index contributed by atoms with van der Waals surface area (Å²) in [5.41, 5.74) is 2.47. The van der Waals surface area contributed by atoms with Crippen molar-refractivity contribution in [2.24, 2.45) is 11.8 Å². The van der Waals surface area contributed by atoms with Crippen molar-refractivity contribution >= 4 is 59.3 Å². The standard InChI is InChI=1S/C77H136O15Si5/c1-32-36-61-68(88-72(80)54-37-34-33-35-38-54)70(91-96(28,29)76(14,15)16)71(92-97(30,31)77(17,18)19)69(87-61)62(90-95(26,27)75(11,12)13)43-40-55(78)39-41-56-46-52(3)60(84-56)44-42-57-45-51(2)53(4)63(85-57)49-64-59(48-66(79)81-20)67(82-21)65(86-64)47-58(89-94(24,25)74(8,9)10)50-83-93(22,23)73(5,6)7/h32-35,37-38,40,43,51,56-65,67-71H,1,3-4,36,39,41-42,44-50H2,2,5-31H3/b43-40+/t51?,56?,57?,58?,59?,60-,61?,62?,63?,64-,65+,67+,68?,69-,70?,71?/m0/s1. The van der Waals surface area contributed by atoms with Crippen LogP contribution < -0.4 is 0 Å². The third kappa shape index (κ3) is 22.5. The summed E-state index contributed by atoms with van der Waals surface area (Å²) in [6.07, 6.45) is 3.94. The minimum absolute atomic E-state index is 0.0220. The Labute approximate surface area is 594 Å². The van der Waals surface area contributed by atoms with Crippen molar-refractivity contribution in [2.45, 2.75) is 351 Å². The maximum Gasteiger partial charge on any atom is 0.338 e. The second-order valence-electron chi connectivity index (χ2n) is 36.3. The molecule has 4 saturated heterocycles. The van der Waals surface area contributed by atoms with E-state index in [0.29, 0.717) is 44.3 Å². The molecule has 15 nitrogen and oxygen atoms in total. The average Bonchev–Trinajstić information content (AvgIpc) is 1.13. The molecule has 4 fully saturated rings. The lowest BCUT2D eigenvalue weighted by molar-refractivity contribution is -0.227. The first kappa shape index (κ1) is 85.1. The smallest absolute Gasteiger partial charge is 0.338 e. The molecule has 4 aliphatic rings. The SMILES string of the molecule is C=CCC1O[C@@H](C(/C=C/C(=O)CCC2CC(=C)[C@H](CCC3CC(C)C(=C)C(C[C@@H]4O[C@H](CC(CO[Si](C)(C)C(C)(C)C)O[Si](C)(C)C(C)(C)C)[C@H](OC)C4CC(=O)OC)O3)O2)O[Si](C)(C)C(C)(C)C)C(O[Si](C)(C)C(C)(C)C)C(O[Si](C)(C)C(C)(C)C)C1OC(=O)c1ccccc1. The number of hydrogen-bond donors (Lipinski definition) is 0. The van der Waals surface area contributed by atoms with E-state index >= 15 is 0 Å². The van der Waals surface area contributed by atoms with Crippen LogP contribution in [0.2, 0.25) is 90.7 Å². The highest BCUT2D eigenvalue weighted by molar-refractivity contribution is 6.76. The van der Waals surface area contributed by atoms with Crippen LogP contribution in [0.3, 0.4) is 0 Å². The summed E-state index contributed by atoms with van der Waals surface area (Å²) in [5, 5.41) is -0.642. The molecule has 0 bridgehead atoms. The highest BCUT2D eigenvalue weighted by Crippen LogP contribution is 2.49. The van der Waals surface area contributed by atoms with Gasteiger partial charge in [-0.3, -0.25) is 9.59 Å². The lowest BCUT2D eigenvalue weighted by Crippen LogP contribution is -2.68. The van der Waals surface area contributed by atoms with Crippen molar-refractivity contribution in [3.8, 4) is 0 Å².